The minimum atomic E-state index is -0.427. The van der Waals surface area contributed by atoms with Gasteiger partial charge < -0.3 is 14.3 Å². The van der Waals surface area contributed by atoms with Gasteiger partial charge in [-0.15, -0.1) is 0 Å². The highest BCUT2D eigenvalue weighted by Gasteiger charge is 2.38. The van der Waals surface area contributed by atoms with Crippen LogP contribution in [0.15, 0.2) is 57.9 Å². The Morgan fingerprint density at radius 2 is 2.14 bits per heavy atom. The van der Waals surface area contributed by atoms with Crippen molar-refractivity contribution < 1.29 is 13.6 Å². The largest absolute Gasteiger partial charge is 0.445 e. The van der Waals surface area contributed by atoms with E-state index in [-0.39, 0.29) is 23.0 Å². The fourth-order valence-corrected chi connectivity index (χ4v) is 3.85. The summed E-state index contributed by atoms with van der Waals surface area (Å²) in [4.78, 5) is 33.1. The Labute approximate surface area is 167 Å². The molecule has 1 atom stereocenters. The van der Waals surface area contributed by atoms with Gasteiger partial charge in [0.05, 0.1) is 11.6 Å². The first-order valence-electron chi connectivity index (χ1n) is 9.61. The van der Waals surface area contributed by atoms with Crippen molar-refractivity contribution in [1.82, 2.24) is 14.9 Å². The van der Waals surface area contributed by atoms with Crippen LogP contribution in [-0.2, 0) is 11.8 Å². The molecule has 1 amide bonds. The molecule has 1 unspecified atom stereocenters. The van der Waals surface area contributed by atoms with Crippen LogP contribution in [0.4, 0.5) is 4.39 Å². The van der Waals surface area contributed by atoms with Gasteiger partial charge in [-0.2, -0.15) is 0 Å². The van der Waals surface area contributed by atoms with Gasteiger partial charge in [0.15, 0.2) is 0 Å². The first-order valence-corrected chi connectivity index (χ1v) is 9.61. The molecule has 2 aromatic heterocycles. The summed E-state index contributed by atoms with van der Waals surface area (Å²) in [6.45, 7) is 3.09. The molecule has 4 rings (SSSR count). The van der Waals surface area contributed by atoms with Crippen LogP contribution in [0.2, 0.25) is 0 Å². The number of carbonyl (C=O) groups is 1. The lowest BCUT2D eigenvalue weighted by atomic mass is 9.81. The zero-order valence-corrected chi connectivity index (χ0v) is 16.2. The molecule has 0 aliphatic carbocycles. The molecule has 1 saturated heterocycles. The van der Waals surface area contributed by atoms with Crippen molar-refractivity contribution in [1.29, 1.82) is 0 Å². The average molecular weight is 395 g/mol. The highest BCUT2D eigenvalue weighted by Crippen LogP contribution is 2.34. The Kier molecular flexibility index (Phi) is 5.05. The molecule has 0 saturated carbocycles. The number of piperidine rings is 1. The van der Waals surface area contributed by atoms with E-state index in [2.05, 4.69) is 9.97 Å². The van der Waals surface area contributed by atoms with Crippen LogP contribution in [0, 0.1) is 5.82 Å². The predicted molar refractivity (Wildman–Crippen MR) is 105 cm³/mol. The number of amides is 1. The summed E-state index contributed by atoms with van der Waals surface area (Å²) >= 11 is 0. The number of hydrogen-bond acceptors (Lipinski definition) is 4. The van der Waals surface area contributed by atoms with Crippen molar-refractivity contribution in [2.45, 2.75) is 31.6 Å². The number of pyridine rings is 1. The quantitative estimate of drug-likeness (QED) is 0.735. The zero-order chi connectivity index (χ0) is 20.4. The van der Waals surface area contributed by atoms with Crippen molar-refractivity contribution in [3.8, 4) is 0 Å². The number of rotatable bonds is 4. The highest BCUT2D eigenvalue weighted by atomic mass is 19.1. The van der Waals surface area contributed by atoms with Gasteiger partial charge >= 0.3 is 0 Å². The summed E-state index contributed by atoms with van der Waals surface area (Å²) in [6, 6.07) is 11.0. The second kappa shape index (κ2) is 7.66. The topological polar surface area (TPSA) is 79.2 Å². The summed E-state index contributed by atoms with van der Waals surface area (Å²) < 4.78 is 19.4. The van der Waals surface area contributed by atoms with Gasteiger partial charge in [-0.3, -0.25) is 9.59 Å². The van der Waals surface area contributed by atoms with Crippen LogP contribution in [-0.4, -0.2) is 33.9 Å². The minimum Gasteiger partial charge on any atom is -0.445 e. The van der Waals surface area contributed by atoms with Gasteiger partial charge in [-0.05, 0) is 43.5 Å². The summed E-state index contributed by atoms with van der Waals surface area (Å²) in [7, 11) is 0. The highest BCUT2D eigenvalue weighted by molar-refractivity contribution is 5.92. The van der Waals surface area contributed by atoms with Crippen molar-refractivity contribution in [3.63, 3.8) is 0 Å². The van der Waals surface area contributed by atoms with Gasteiger partial charge in [0.25, 0.3) is 5.91 Å². The van der Waals surface area contributed by atoms with E-state index in [9.17, 15) is 14.0 Å². The first-order chi connectivity index (χ1) is 13.9. The number of oxazole rings is 1. The molecule has 3 aromatic rings. The summed E-state index contributed by atoms with van der Waals surface area (Å²) in [5.74, 6) is 0.736. The maximum atomic E-state index is 13.4. The fourth-order valence-electron chi connectivity index (χ4n) is 3.85. The second-order valence-electron chi connectivity index (χ2n) is 7.76. The number of likely N-dealkylation sites (tertiary alicyclic amines) is 1. The number of halogens is 1. The van der Waals surface area contributed by atoms with Gasteiger partial charge in [0, 0.05) is 25.6 Å². The van der Waals surface area contributed by atoms with Crippen LogP contribution in [0.5, 0.6) is 0 Å². The number of hydrogen-bond donors (Lipinski definition) is 1. The number of carbonyl (C=O) groups excluding carboxylic acids is 1. The molecule has 150 valence electrons. The number of nitrogens with one attached hydrogen (secondary N) is 1. The smallest absolute Gasteiger partial charge is 0.270 e. The van der Waals surface area contributed by atoms with Crippen LogP contribution in [0.25, 0.3) is 0 Å². The molecule has 0 radical (unpaired) electrons. The van der Waals surface area contributed by atoms with Gasteiger partial charge in [-0.1, -0.05) is 18.2 Å². The number of aromatic amines is 1. The van der Waals surface area contributed by atoms with Crippen LogP contribution >= 0.6 is 0 Å². The third kappa shape index (κ3) is 4.13. The van der Waals surface area contributed by atoms with Crippen molar-refractivity contribution in [3.05, 3.63) is 87.7 Å². The Morgan fingerprint density at radius 3 is 2.93 bits per heavy atom. The monoisotopic (exact) mass is 395 g/mol. The van der Waals surface area contributed by atoms with Gasteiger partial charge in [0.1, 0.15) is 17.3 Å². The maximum absolute atomic E-state index is 13.4. The molecule has 1 N–H and O–H groups in total. The van der Waals surface area contributed by atoms with E-state index in [1.54, 1.807) is 29.3 Å². The third-order valence-corrected chi connectivity index (χ3v) is 5.32. The lowest BCUT2D eigenvalue weighted by Gasteiger charge is -2.38. The van der Waals surface area contributed by atoms with Crippen molar-refractivity contribution in [2.24, 2.45) is 0 Å². The Bertz CT molecular complexity index is 1090. The van der Waals surface area contributed by atoms with E-state index >= 15 is 0 Å². The summed E-state index contributed by atoms with van der Waals surface area (Å²) in [6.07, 6.45) is 3.76. The third-order valence-electron chi connectivity index (χ3n) is 5.32. The molecule has 1 aliphatic heterocycles. The number of benzene rings is 1. The van der Waals surface area contributed by atoms with E-state index in [4.69, 9.17) is 4.42 Å². The standard InChI is InChI=1S/C22H22FN3O3/c1-22(21-24-13-17(29-21)12-15-5-2-6-16(23)11-15)9-4-10-26(14-22)20(28)18-7-3-8-19(27)25-18/h2-3,5-8,11,13H,4,9-10,12,14H2,1H3,(H,25,27). The lowest BCUT2D eigenvalue weighted by Crippen LogP contribution is -2.47. The van der Waals surface area contributed by atoms with Crippen LogP contribution < -0.4 is 5.56 Å². The molecule has 1 fully saturated rings. The van der Waals surface area contributed by atoms with E-state index < -0.39 is 5.41 Å². The molecule has 0 spiro atoms. The maximum Gasteiger partial charge on any atom is 0.270 e. The van der Waals surface area contributed by atoms with Crippen LogP contribution in [0.3, 0.4) is 0 Å². The van der Waals surface area contributed by atoms with Crippen LogP contribution in [0.1, 0.15) is 47.5 Å². The lowest BCUT2D eigenvalue weighted by molar-refractivity contribution is 0.0620. The van der Waals surface area contributed by atoms with Crippen molar-refractivity contribution in [2.75, 3.05) is 13.1 Å². The second-order valence-corrected chi connectivity index (χ2v) is 7.76. The van der Waals surface area contributed by atoms with Gasteiger partial charge in [-0.25, -0.2) is 9.37 Å². The molecule has 29 heavy (non-hydrogen) atoms. The van der Waals surface area contributed by atoms with E-state index in [0.29, 0.717) is 31.2 Å². The summed E-state index contributed by atoms with van der Waals surface area (Å²) in [5.41, 5.74) is 0.362. The SMILES string of the molecule is CC1(c2ncc(Cc3cccc(F)c3)o2)CCCN(C(=O)c2cccc(=O)[nH]2)C1. The van der Waals surface area contributed by atoms with E-state index in [1.807, 2.05) is 13.0 Å². The first kappa shape index (κ1) is 19.1. The average Bonchev–Trinajstić information content (AvgIpc) is 3.17. The number of H-pyrrole nitrogens is 1. The summed E-state index contributed by atoms with van der Waals surface area (Å²) in [5, 5.41) is 0. The van der Waals surface area contributed by atoms with E-state index in [1.165, 1.54) is 18.2 Å². The molecular weight excluding hydrogens is 373 g/mol. The molecular formula is C22H22FN3O3. The van der Waals surface area contributed by atoms with Gasteiger partial charge in [0.2, 0.25) is 11.4 Å². The normalized spacial score (nSPS) is 19.3. The Balaban J connectivity index is 1.51. The fraction of sp³-hybridized carbons (Fsp3) is 0.318. The molecule has 6 nitrogen and oxygen atoms in total. The Hall–Kier alpha value is -3.22. The number of nitrogens with zero attached hydrogens (tertiary/aromatic N) is 2. The van der Waals surface area contributed by atoms with Crippen molar-refractivity contribution >= 4 is 5.91 Å². The molecule has 1 aliphatic rings. The Morgan fingerprint density at radius 1 is 1.31 bits per heavy atom. The number of aromatic nitrogens is 2. The zero-order valence-electron chi connectivity index (χ0n) is 16.2. The molecule has 1 aromatic carbocycles. The minimum absolute atomic E-state index is 0.208. The molecule has 3 heterocycles. The predicted octanol–water partition coefficient (Wildman–Crippen LogP) is 3.29. The van der Waals surface area contributed by atoms with E-state index in [0.717, 1.165) is 18.4 Å². The molecule has 7 heteroatoms. The molecule has 0 bridgehead atoms.